The Morgan fingerprint density at radius 3 is 1.54 bits per heavy atom. The van der Waals surface area contributed by atoms with Gasteiger partial charge in [-0.05, 0) is 12.8 Å². The van der Waals surface area contributed by atoms with Gasteiger partial charge < -0.3 is 5.11 Å². The minimum absolute atomic E-state index is 0.481. The van der Waals surface area contributed by atoms with Gasteiger partial charge in [0.15, 0.2) is 4.93 Å². The van der Waals surface area contributed by atoms with E-state index in [4.69, 9.17) is 0 Å². The molecular formula is C6H11F3O3S. The maximum Gasteiger partial charge on any atom is 0.500 e. The Morgan fingerprint density at radius 1 is 1.15 bits per heavy atom. The Labute approximate surface area is 74.5 Å². The molecule has 0 atom stereocenters. The molecule has 0 aliphatic carbocycles. The molecule has 80 valence electrons. The maximum absolute atomic E-state index is 12.0. The Kier molecular flexibility index (Phi) is 3.37. The van der Waals surface area contributed by atoms with E-state index >= 15 is 0 Å². The number of rotatable bonds is 3. The fourth-order valence-electron chi connectivity index (χ4n) is 0.845. The summed E-state index contributed by atoms with van der Waals surface area (Å²) in [4.78, 5) is -2.69. The van der Waals surface area contributed by atoms with Gasteiger partial charge in [0, 0.05) is 0 Å². The van der Waals surface area contributed by atoms with Crippen LogP contribution < -0.4 is 0 Å². The topological polar surface area (TPSA) is 54.4 Å². The number of aliphatic hydroxyl groups is 1. The molecule has 13 heavy (non-hydrogen) atoms. The molecule has 0 aromatic heterocycles. The average Bonchev–Trinajstić information content (AvgIpc) is 2.00. The van der Waals surface area contributed by atoms with Crippen LogP contribution in [0.4, 0.5) is 13.2 Å². The van der Waals surface area contributed by atoms with Gasteiger partial charge in [-0.25, -0.2) is 8.42 Å². The fourth-order valence-corrected chi connectivity index (χ4v) is 2.04. The highest BCUT2D eigenvalue weighted by molar-refractivity contribution is 7.93. The van der Waals surface area contributed by atoms with Gasteiger partial charge in [0.1, 0.15) is 0 Å². The second-order valence-electron chi connectivity index (χ2n) is 2.60. The van der Waals surface area contributed by atoms with E-state index in [1.807, 2.05) is 0 Å². The van der Waals surface area contributed by atoms with E-state index in [1.165, 1.54) is 13.8 Å². The van der Waals surface area contributed by atoms with Crippen molar-refractivity contribution >= 4 is 9.84 Å². The molecule has 7 heteroatoms. The lowest BCUT2D eigenvalue weighted by atomic mass is 10.2. The molecule has 3 nitrogen and oxygen atoms in total. The quantitative estimate of drug-likeness (QED) is 0.782. The Bertz CT molecular complexity index is 263. The molecule has 0 spiro atoms. The number of sulfone groups is 1. The summed E-state index contributed by atoms with van der Waals surface area (Å²) in [5.41, 5.74) is -5.40. The van der Waals surface area contributed by atoms with Crippen LogP contribution in [0.5, 0.6) is 0 Å². The summed E-state index contributed by atoms with van der Waals surface area (Å²) in [6.07, 6.45) is -0.962. The lowest BCUT2D eigenvalue weighted by Crippen LogP contribution is -2.45. The summed E-state index contributed by atoms with van der Waals surface area (Å²) in [6, 6.07) is 0. The molecule has 0 aromatic carbocycles. The summed E-state index contributed by atoms with van der Waals surface area (Å²) in [5.74, 6) is 0. The highest BCUT2D eigenvalue weighted by atomic mass is 32.2. The molecule has 0 heterocycles. The second-order valence-corrected chi connectivity index (χ2v) is 4.83. The zero-order chi connectivity index (χ0) is 10.9. The summed E-state index contributed by atoms with van der Waals surface area (Å²) in [5, 5.41) is 9.18. The molecule has 0 saturated carbocycles. The van der Waals surface area contributed by atoms with Gasteiger partial charge in [-0.1, -0.05) is 13.8 Å². The van der Waals surface area contributed by atoms with E-state index in [0.717, 1.165) is 0 Å². The van der Waals surface area contributed by atoms with Gasteiger partial charge in [0.05, 0.1) is 0 Å². The van der Waals surface area contributed by atoms with Gasteiger partial charge in [-0.3, -0.25) is 0 Å². The van der Waals surface area contributed by atoms with Crippen LogP contribution in [0.2, 0.25) is 0 Å². The highest BCUT2D eigenvalue weighted by Crippen LogP contribution is 2.35. The van der Waals surface area contributed by atoms with Crippen LogP contribution in [0.25, 0.3) is 0 Å². The molecule has 0 aromatic rings. The molecule has 0 aliphatic heterocycles. The minimum Gasteiger partial charge on any atom is -0.374 e. The van der Waals surface area contributed by atoms with Gasteiger partial charge >= 0.3 is 5.51 Å². The second kappa shape index (κ2) is 3.45. The molecular weight excluding hydrogens is 209 g/mol. The van der Waals surface area contributed by atoms with E-state index in [2.05, 4.69) is 0 Å². The van der Waals surface area contributed by atoms with Crippen molar-refractivity contribution in [1.29, 1.82) is 0 Å². The number of hydrogen-bond donors (Lipinski definition) is 1. The summed E-state index contributed by atoms with van der Waals surface area (Å²) in [6.45, 7) is 2.37. The smallest absolute Gasteiger partial charge is 0.374 e. The van der Waals surface area contributed by atoms with Crippen molar-refractivity contribution in [2.75, 3.05) is 0 Å². The molecule has 0 fully saturated rings. The first-order valence-corrected chi connectivity index (χ1v) is 5.14. The van der Waals surface area contributed by atoms with Crippen molar-refractivity contribution in [3.8, 4) is 0 Å². The van der Waals surface area contributed by atoms with Crippen molar-refractivity contribution in [3.63, 3.8) is 0 Å². The maximum atomic E-state index is 12.0. The van der Waals surface area contributed by atoms with Gasteiger partial charge in [-0.2, -0.15) is 13.2 Å². The first-order chi connectivity index (χ1) is 5.62. The van der Waals surface area contributed by atoms with E-state index in [1.54, 1.807) is 0 Å². The first kappa shape index (κ1) is 12.7. The van der Waals surface area contributed by atoms with Crippen LogP contribution >= 0.6 is 0 Å². The van der Waals surface area contributed by atoms with Crippen molar-refractivity contribution in [1.82, 2.24) is 0 Å². The van der Waals surface area contributed by atoms with Crippen LogP contribution in [0.3, 0.4) is 0 Å². The predicted molar refractivity (Wildman–Crippen MR) is 40.5 cm³/mol. The largest absolute Gasteiger partial charge is 0.500 e. The molecule has 0 amide bonds. The lowest BCUT2D eigenvalue weighted by molar-refractivity contribution is -0.0535. The molecule has 0 aliphatic rings. The normalized spacial score (nSPS) is 14.6. The molecule has 0 radical (unpaired) electrons. The molecule has 0 bridgehead atoms. The van der Waals surface area contributed by atoms with Crippen LogP contribution in [-0.2, 0) is 9.84 Å². The number of hydrogen-bond acceptors (Lipinski definition) is 3. The third kappa shape index (κ3) is 1.96. The summed E-state index contributed by atoms with van der Waals surface area (Å²) < 4.78 is 57.4. The average molecular weight is 220 g/mol. The summed E-state index contributed by atoms with van der Waals surface area (Å²) in [7, 11) is -5.48. The van der Waals surface area contributed by atoms with Crippen LogP contribution in [0.1, 0.15) is 26.7 Å². The van der Waals surface area contributed by atoms with Crippen molar-refractivity contribution in [3.05, 3.63) is 0 Å². The standard InChI is InChI=1S/C6H11F3O3S/c1-3-5(10,4-2)13(11,12)6(7,8)9/h10H,3-4H2,1-2H3. The molecule has 1 N–H and O–H groups in total. The first-order valence-electron chi connectivity index (χ1n) is 3.65. The van der Waals surface area contributed by atoms with Crippen LogP contribution in [-0.4, -0.2) is 24.0 Å². The minimum atomic E-state index is -5.48. The van der Waals surface area contributed by atoms with Crippen molar-refractivity contribution in [2.45, 2.75) is 37.1 Å². The van der Waals surface area contributed by atoms with E-state index in [0.29, 0.717) is 0 Å². The van der Waals surface area contributed by atoms with Gasteiger partial charge in [0.2, 0.25) is 0 Å². The van der Waals surface area contributed by atoms with Crippen molar-refractivity contribution in [2.24, 2.45) is 0 Å². The van der Waals surface area contributed by atoms with E-state index < -0.39 is 33.1 Å². The fraction of sp³-hybridized carbons (Fsp3) is 1.00. The van der Waals surface area contributed by atoms with E-state index in [-0.39, 0.29) is 0 Å². The Balaban J connectivity index is 5.28. The number of alkyl halides is 3. The third-order valence-electron chi connectivity index (χ3n) is 1.91. The Morgan fingerprint density at radius 2 is 1.46 bits per heavy atom. The zero-order valence-corrected chi connectivity index (χ0v) is 8.04. The number of halogens is 3. The molecule has 0 rings (SSSR count). The zero-order valence-electron chi connectivity index (χ0n) is 7.22. The van der Waals surface area contributed by atoms with Crippen molar-refractivity contribution < 1.29 is 26.7 Å². The Hall–Kier alpha value is -0.300. The lowest BCUT2D eigenvalue weighted by Gasteiger charge is -2.25. The van der Waals surface area contributed by atoms with Gasteiger partial charge in [-0.15, -0.1) is 0 Å². The van der Waals surface area contributed by atoms with Gasteiger partial charge in [0.25, 0.3) is 9.84 Å². The third-order valence-corrected chi connectivity index (χ3v) is 4.10. The highest BCUT2D eigenvalue weighted by Gasteiger charge is 2.57. The van der Waals surface area contributed by atoms with E-state index in [9.17, 15) is 26.7 Å². The molecule has 0 saturated heterocycles. The predicted octanol–water partition coefficient (Wildman–Crippen LogP) is 1.43. The monoisotopic (exact) mass is 220 g/mol. The summed E-state index contributed by atoms with van der Waals surface area (Å²) >= 11 is 0. The van der Waals surface area contributed by atoms with Crippen LogP contribution in [0, 0.1) is 0 Å². The van der Waals surface area contributed by atoms with Crippen LogP contribution in [0.15, 0.2) is 0 Å². The molecule has 0 unspecified atom stereocenters. The SMILES string of the molecule is CCC(O)(CC)S(=O)(=O)C(F)(F)F.